The molecule has 0 radical (unpaired) electrons. The smallest absolute Gasteiger partial charge is 0.191 e. The van der Waals surface area contributed by atoms with Crippen molar-refractivity contribution >= 4 is 17.3 Å². The summed E-state index contributed by atoms with van der Waals surface area (Å²) in [4.78, 5) is 10.1. The Kier molecular flexibility index (Phi) is 6.90. The van der Waals surface area contributed by atoms with E-state index in [4.69, 9.17) is 0 Å². The van der Waals surface area contributed by atoms with Crippen LogP contribution in [0.4, 0.5) is 0 Å². The molecule has 2 aromatic rings. The number of nitrogens with zero attached hydrogens (tertiary/aromatic N) is 2. The maximum Gasteiger partial charge on any atom is 0.191 e. The summed E-state index contributed by atoms with van der Waals surface area (Å²) in [6, 6.07) is 10.6. The van der Waals surface area contributed by atoms with Gasteiger partial charge in [-0.15, -0.1) is 11.3 Å². The van der Waals surface area contributed by atoms with E-state index in [2.05, 4.69) is 57.9 Å². The quantitative estimate of drug-likeness (QED) is 0.469. The first-order chi connectivity index (χ1) is 10.8. The van der Waals surface area contributed by atoms with Crippen LogP contribution >= 0.6 is 11.3 Å². The zero-order chi connectivity index (χ0) is 15.6. The zero-order valence-electron chi connectivity index (χ0n) is 13.3. The SMILES string of the molecule is CCNC(=NCc1scnc1C)NCCCc1ccccc1. The molecule has 0 aliphatic carbocycles. The van der Waals surface area contributed by atoms with Crippen LogP contribution in [-0.4, -0.2) is 24.0 Å². The van der Waals surface area contributed by atoms with Crippen molar-refractivity contribution in [3.63, 3.8) is 0 Å². The van der Waals surface area contributed by atoms with Gasteiger partial charge in [0.25, 0.3) is 0 Å². The van der Waals surface area contributed by atoms with Crippen LogP contribution in [0.5, 0.6) is 0 Å². The highest BCUT2D eigenvalue weighted by Crippen LogP contribution is 2.12. The number of guanidine groups is 1. The van der Waals surface area contributed by atoms with Gasteiger partial charge in [0.15, 0.2) is 5.96 Å². The zero-order valence-corrected chi connectivity index (χ0v) is 14.1. The molecule has 118 valence electrons. The average molecular weight is 316 g/mol. The molecule has 1 heterocycles. The van der Waals surface area contributed by atoms with E-state index in [9.17, 15) is 0 Å². The van der Waals surface area contributed by atoms with E-state index in [1.807, 2.05) is 12.4 Å². The number of aliphatic imine (C=N–C) groups is 1. The van der Waals surface area contributed by atoms with Gasteiger partial charge in [-0.1, -0.05) is 30.3 Å². The topological polar surface area (TPSA) is 49.3 Å². The van der Waals surface area contributed by atoms with Crippen molar-refractivity contribution < 1.29 is 0 Å². The number of aryl methyl sites for hydroxylation is 2. The minimum absolute atomic E-state index is 0.685. The molecule has 0 unspecified atom stereocenters. The van der Waals surface area contributed by atoms with E-state index in [1.54, 1.807) is 11.3 Å². The Morgan fingerprint density at radius 1 is 1.23 bits per heavy atom. The summed E-state index contributed by atoms with van der Waals surface area (Å²) < 4.78 is 0. The molecular weight excluding hydrogens is 292 g/mol. The molecule has 2 rings (SSSR count). The van der Waals surface area contributed by atoms with Gasteiger partial charge in [-0.05, 0) is 32.3 Å². The Morgan fingerprint density at radius 2 is 2.05 bits per heavy atom. The molecule has 4 nitrogen and oxygen atoms in total. The van der Waals surface area contributed by atoms with E-state index in [0.29, 0.717) is 6.54 Å². The van der Waals surface area contributed by atoms with Crippen molar-refractivity contribution in [2.75, 3.05) is 13.1 Å². The Bertz CT molecular complexity index is 577. The molecular formula is C17H24N4S. The highest BCUT2D eigenvalue weighted by atomic mass is 32.1. The van der Waals surface area contributed by atoms with Crippen LogP contribution in [0.1, 0.15) is 29.5 Å². The number of thiazole rings is 1. The molecule has 1 aromatic heterocycles. The normalized spacial score (nSPS) is 11.5. The predicted octanol–water partition coefficient (Wildman–Crippen LogP) is 3.14. The van der Waals surface area contributed by atoms with Crippen molar-refractivity contribution in [1.82, 2.24) is 15.6 Å². The Morgan fingerprint density at radius 3 is 2.73 bits per heavy atom. The summed E-state index contributed by atoms with van der Waals surface area (Å²) >= 11 is 1.66. The van der Waals surface area contributed by atoms with E-state index in [0.717, 1.165) is 37.6 Å². The maximum absolute atomic E-state index is 4.63. The van der Waals surface area contributed by atoms with Gasteiger partial charge in [-0.25, -0.2) is 9.98 Å². The van der Waals surface area contributed by atoms with Crippen molar-refractivity contribution in [2.24, 2.45) is 4.99 Å². The number of hydrogen-bond acceptors (Lipinski definition) is 3. The van der Waals surface area contributed by atoms with Gasteiger partial charge in [0.2, 0.25) is 0 Å². The molecule has 22 heavy (non-hydrogen) atoms. The van der Waals surface area contributed by atoms with Gasteiger partial charge in [0, 0.05) is 18.0 Å². The molecule has 0 amide bonds. The van der Waals surface area contributed by atoms with Gasteiger partial charge >= 0.3 is 0 Å². The third-order valence-electron chi connectivity index (χ3n) is 3.35. The maximum atomic E-state index is 4.63. The lowest BCUT2D eigenvalue weighted by Gasteiger charge is -2.11. The summed E-state index contributed by atoms with van der Waals surface area (Å²) in [6.07, 6.45) is 2.18. The van der Waals surface area contributed by atoms with Crippen LogP contribution < -0.4 is 10.6 Å². The predicted molar refractivity (Wildman–Crippen MR) is 94.4 cm³/mol. The van der Waals surface area contributed by atoms with Gasteiger partial charge in [0.1, 0.15) is 0 Å². The lowest BCUT2D eigenvalue weighted by molar-refractivity contribution is 0.744. The molecule has 0 aliphatic rings. The molecule has 0 saturated carbocycles. The largest absolute Gasteiger partial charge is 0.357 e. The van der Waals surface area contributed by atoms with Crippen LogP contribution in [0.25, 0.3) is 0 Å². The van der Waals surface area contributed by atoms with E-state index in [-0.39, 0.29) is 0 Å². The molecule has 0 saturated heterocycles. The van der Waals surface area contributed by atoms with Crippen LogP contribution in [0.3, 0.4) is 0 Å². The second kappa shape index (κ2) is 9.20. The molecule has 0 spiro atoms. The van der Waals surface area contributed by atoms with E-state index >= 15 is 0 Å². The van der Waals surface area contributed by atoms with Crippen molar-refractivity contribution in [3.8, 4) is 0 Å². The molecule has 0 atom stereocenters. The molecule has 0 bridgehead atoms. The Hall–Kier alpha value is -1.88. The van der Waals surface area contributed by atoms with Gasteiger partial charge < -0.3 is 10.6 Å². The number of rotatable bonds is 7. The highest BCUT2D eigenvalue weighted by Gasteiger charge is 2.02. The van der Waals surface area contributed by atoms with E-state index < -0.39 is 0 Å². The average Bonchev–Trinajstić information content (AvgIpc) is 2.95. The highest BCUT2D eigenvalue weighted by molar-refractivity contribution is 7.09. The fraction of sp³-hybridized carbons (Fsp3) is 0.412. The van der Waals surface area contributed by atoms with Gasteiger partial charge in [-0.3, -0.25) is 0 Å². The standard InChI is InChI=1S/C17H24N4S/c1-3-18-17(20-12-16-14(2)21-13-22-16)19-11-7-10-15-8-5-4-6-9-15/h4-6,8-9,13H,3,7,10-12H2,1-2H3,(H2,18,19,20). The molecule has 0 fully saturated rings. The Balaban J connectivity index is 1.77. The molecule has 2 N–H and O–H groups in total. The van der Waals surface area contributed by atoms with Crippen molar-refractivity contribution in [2.45, 2.75) is 33.2 Å². The van der Waals surface area contributed by atoms with Crippen LogP contribution in [0, 0.1) is 6.92 Å². The summed E-state index contributed by atoms with van der Waals surface area (Å²) in [6.45, 7) is 6.58. The summed E-state index contributed by atoms with van der Waals surface area (Å²) in [7, 11) is 0. The van der Waals surface area contributed by atoms with Gasteiger partial charge in [-0.2, -0.15) is 0 Å². The first-order valence-corrected chi connectivity index (χ1v) is 8.62. The third kappa shape index (κ3) is 5.48. The van der Waals surface area contributed by atoms with Crippen LogP contribution in [0.2, 0.25) is 0 Å². The fourth-order valence-electron chi connectivity index (χ4n) is 2.11. The lowest BCUT2D eigenvalue weighted by Crippen LogP contribution is -2.37. The lowest BCUT2D eigenvalue weighted by atomic mass is 10.1. The van der Waals surface area contributed by atoms with Crippen LogP contribution in [-0.2, 0) is 13.0 Å². The summed E-state index contributed by atoms with van der Waals surface area (Å²) in [5, 5.41) is 6.68. The minimum atomic E-state index is 0.685. The summed E-state index contributed by atoms with van der Waals surface area (Å²) in [5.74, 6) is 0.878. The number of hydrogen-bond donors (Lipinski definition) is 2. The number of benzene rings is 1. The number of nitrogens with one attached hydrogen (secondary N) is 2. The third-order valence-corrected chi connectivity index (χ3v) is 4.27. The second-order valence-corrected chi connectivity index (χ2v) is 6.01. The summed E-state index contributed by atoms with van der Waals surface area (Å²) in [5.41, 5.74) is 4.33. The van der Waals surface area contributed by atoms with Gasteiger partial charge in [0.05, 0.1) is 17.7 Å². The van der Waals surface area contributed by atoms with Crippen LogP contribution in [0.15, 0.2) is 40.8 Å². The number of aromatic nitrogens is 1. The Labute approximate surface area is 136 Å². The second-order valence-electron chi connectivity index (χ2n) is 5.07. The molecule has 5 heteroatoms. The van der Waals surface area contributed by atoms with Crippen molar-refractivity contribution in [3.05, 3.63) is 52.0 Å². The first kappa shape index (κ1) is 16.5. The molecule has 1 aromatic carbocycles. The minimum Gasteiger partial charge on any atom is -0.357 e. The van der Waals surface area contributed by atoms with E-state index in [1.165, 1.54) is 10.4 Å². The monoisotopic (exact) mass is 316 g/mol. The molecule has 0 aliphatic heterocycles. The van der Waals surface area contributed by atoms with Crippen molar-refractivity contribution in [1.29, 1.82) is 0 Å². The fourth-order valence-corrected chi connectivity index (χ4v) is 2.81. The first-order valence-electron chi connectivity index (χ1n) is 7.74.